The monoisotopic (exact) mass is 589 g/mol. The number of H-pyrrole nitrogens is 1. The van der Waals surface area contributed by atoms with E-state index in [9.17, 15) is 14.4 Å². The molecule has 2 aliphatic heterocycles. The number of pyridine rings is 1. The molecule has 214 valence electrons. The standard InChI is InChI=1S/C29H24ClN5O7/c1-12-7-17-20(25(36)29(12)26(37)21-18(40-3)10-19(41-4)22(30)24(21)42-29)23(35-28(34-17)31-11-32-35)15-8-13-5-6-14(39-2)9-16(13)33-27(15)38/h5-6,8-12,23H,7H2,1-4H3,(H,33,38)(H,31,32,34). The first-order valence-electron chi connectivity index (χ1n) is 13.1. The van der Waals surface area contributed by atoms with Crippen molar-refractivity contribution in [1.29, 1.82) is 0 Å². The second kappa shape index (κ2) is 9.08. The molecule has 13 heteroatoms. The van der Waals surface area contributed by atoms with Crippen LogP contribution in [0.25, 0.3) is 10.9 Å². The van der Waals surface area contributed by atoms with Crippen molar-refractivity contribution in [2.24, 2.45) is 5.92 Å². The number of rotatable bonds is 4. The third-order valence-electron chi connectivity index (χ3n) is 8.26. The number of carbonyl (C=O) groups is 2. The number of anilines is 1. The van der Waals surface area contributed by atoms with E-state index in [0.29, 0.717) is 28.3 Å². The molecule has 12 nitrogen and oxygen atoms in total. The summed E-state index contributed by atoms with van der Waals surface area (Å²) in [5, 5.41) is 8.30. The molecule has 0 saturated carbocycles. The van der Waals surface area contributed by atoms with E-state index in [1.165, 1.54) is 38.4 Å². The highest BCUT2D eigenvalue weighted by atomic mass is 35.5. The SMILES string of the molecule is COc1ccc2cc(C3C4=C(CC(C)C5(Oc6c(Cl)c(OC)cc(OC)c6C5=O)C4=O)Nc4ncnn43)c(=O)[nH]c2c1. The molecule has 0 amide bonds. The number of methoxy groups -OCH3 is 3. The Labute approximate surface area is 243 Å². The fraction of sp³-hybridized carbons (Fsp3) is 0.276. The third kappa shape index (κ3) is 3.32. The van der Waals surface area contributed by atoms with Crippen LogP contribution >= 0.6 is 11.6 Å². The van der Waals surface area contributed by atoms with Gasteiger partial charge in [-0.2, -0.15) is 10.1 Å². The lowest BCUT2D eigenvalue weighted by molar-refractivity contribution is -0.130. The summed E-state index contributed by atoms with van der Waals surface area (Å²) < 4.78 is 23.9. The van der Waals surface area contributed by atoms with Gasteiger partial charge in [-0.3, -0.25) is 14.4 Å². The number of ketones is 2. The summed E-state index contributed by atoms with van der Waals surface area (Å²) in [6.45, 7) is 1.76. The Hall–Kier alpha value is -4.84. The molecule has 4 aromatic rings. The Morgan fingerprint density at radius 2 is 1.83 bits per heavy atom. The number of hydrogen-bond donors (Lipinski definition) is 2. The number of carbonyl (C=O) groups excluding carboxylic acids is 2. The van der Waals surface area contributed by atoms with E-state index < -0.39 is 34.7 Å². The number of halogens is 1. The first-order chi connectivity index (χ1) is 20.2. The summed E-state index contributed by atoms with van der Waals surface area (Å²) in [5.41, 5.74) is -0.829. The van der Waals surface area contributed by atoms with Gasteiger partial charge in [-0.15, -0.1) is 0 Å². The lowest BCUT2D eigenvalue weighted by Gasteiger charge is -2.41. The van der Waals surface area contributed by atoms with Crippen LogP contribution in [-0.2, 0) is 4.79 Å². The molecule has 7 rings (SSSR count). The predicted molar refractivity (Wildman–Crippen MR) is 151 cm³/mol. The van der Waals surface area contributed by atoms with Gasteiger partial charge in [0.15, 0.2) is 5.75 Å². The van der Waals surface area contributed by atoms with Crippen molar-refractivity contribution >= 4 is 40.0 Å². The molecule has 2 N–H and O–H groups in total. The molecular formula is C29H24ClN5O7. The Balaban J connectivity index is 1.42. The van der Waals surface area contributed by atoms with E-state index in [0.717, 1.165) is 0 Å². The van der Waals surface area contributed by atoms with Gasteiger partial charge in [0.2, 0.25) is 23.1 Å². The van der Waals surface area contributed by atoms with Crippen molar-refractivity contribution in [3.8, 4) is 23.0 Å². The molecule has 0 fully saturated rings. The minimum atomic E-state index is -1.96. The van der Waals surface area contributed by atoms with Gasteiger partial charge in [0, 0.05) is 34.9 Å². The van der Waals surface area contributed by atoms with Crippen LogP contribution < -0.4 is 29.8 Å². The van der Waals surface area contributed by atoms with Gasteiger partial charge in [0.25, 0.3) is 5.56 Å². The molecule has 3 aliphatic rings. The fourth-order valence-electron chi connectivity index (χ4n) is 6.20. The van der Waals surface area contributed by atoms with Crippen LogP contribution in [0.4, 0.5) is 5.95 Å². The maximum absolute atomic E-state index is 14.8. The lowest BCUT2D eigenvalue weighted by Crippen LogP contribution is -2.58. The predicted octanol–water partition coefficient (Wildman–Crippen LogP) is 3.69. The molecule has 1 spiro atoms. The zero-order valence-electron chi connectivity index (χ0n) is 22.9. The van der Waals surface area contributed by atoms with Crippen molar-refractivity contribution in [2.75, 3.05) is 26.6 Å². The van der Waals surface area contributed by atoms with E-state index in [2.05, 4.69) is 20.4 Å². The van der Waals surface area contributed by atoms with Crippen LogP contribution in [0.5, 0.6) is 23.0 Å². The van der Waals surface area contributed by atoms with E-state index >= 15 is 0 Å². The topological polar surface area (TPSA) is 147 Å². The summed E-state index contributed by atoms with van der Waals surface area (Å²) >= 11 is 6.59. The maximum atomic E-state index is 14.8. The molecule has 0 radical (unpaired) electrons. The molecule has 3 unspecified atom stereocenters. The minimum absolute atomic E-state index is 0.0152. The molecule has 42 heavy (non-hydrogen) atoms. The number of ether oxygens (including phenoxy) is 4. The van der Waals surface area contributed by atoms with Crippen LogP contribution in [-0.4, -0.2) is 58.2 Å². The number of nitrogens with zero attached hydrogens (tertiary/aromatic N) is 3. The fourth-order valence-corrected chi connectivity index (χ4v) is 6.47. The lowest BCUT2D eigenvalue weighted by atomic mass is 9.69. The van der Waals surface area contributed by atoms with E-state index in [1.807, 2.05) is 0 Å². The Bertz CT molecular complexity index is 1950. The molecule has 4 heterocycles. The number of fused-ring (bicyclic) bond motifs is 3. The van der Waals surface area contributed by atoms with E-state index in [-0.39, 0.29) is 45.4 Å². The Morgan fingerprint density at radius 3 is 2.57 bits per heavy atom. The highest BCUT2D eigenvalue weighted by Gasteiger charge is 2.63. The van der Waals surface area contributed by atoms with Crippen LogP contribution in [0.1, 0.15) is 35.3 Å². The van der Waals surface area contributed by atoms with Gasteiger partial charge in [0.1, 0.15) is 40.2 Å². The molecule has 0 saturated heterocycles. The summed E-state index contributed by atoms with van der Waals surface area (Å²) in [5.74, 6) is -0.449. The van der Waals surface area contributed by atoms with Gasteiger partial charge in [-0.1, -0.05) is 18.5 Å². The second-order valence-electron chi connectivity index (χ2n) is 10.4. The first kappa shape index (κ1) is 26.1. The largest absolute Gasteiger partial charge is 0.497 e. The molecule has 2 aromatic heterocycles. The summed E-state index contributed by atoms with van der Waals surface area (Å²) in [6.07, 6.45) is 1.57. The number of nitrogens with one attached hydrogen (secondary N) is 2. The van der Waals surface area contributed by atoms with E-state index in [4.69, 9.17) is 30.5 Å². The van der Waals surface area contributed by atoms with Gasteiger partial charge in [0.05, 0.1) is 26.8 Å². The molecule has 3 atom stereocenters. The van der Waals surface area contributed by atoms with Crippen LogP contribution in [0.2, 0.25) is 5.02 Å². The smallest absolute Gasteiger partial charge is 0.254 e. The van der Waals surface area contributed by atoms with Crippen LogP contribution in [0.15, 0.2) is 52.7 Å². The third-order valence-corrected chi connectivity index (χ3v) is 8.62. The average Bonchev–Trinajstić information content (AvgIpc) is 3.58. The molecule has 2 aromatic carbocycles. The van der Waals surface area contributed by atoms with Crippen molar-refractivity contribution in [3.05, 3.63) is 74.4 Å². The maximum Gasteiger partial charge on any atom is 0.254 e. The quantitative estimate of drug-likeness (QED) is 0.338. The normalized spacial score (nSPS) is 22.4. The Kier molecular flexibility index (Phi) is 5.64. The van der Waals surface area contributed by atoms with Gasteiger partial charge >= 0.3 is 0 Å². The first-order valence-corrected chi connectivity index (χ1v) is 13.4. The molecule has 0 bridgehead atoms. The molecule has 1 aliphatic carbocycles. The van der Waals surface area contributed by atoms with Crippen molar-refractivity contribution in [3.63, 3.8) is 0 Å². The van der Waals surface area contributed by atoms with Gasteiger partial charge in [-0.05, 0) is 30.0 Å². The average molecular weight is 590 g/mol. The Morgan fingerprint density at radius 1 is 1.05 bits per heavy atom. The number of aromatic amines is 1. The van der Waals surface area contributed by atoms with Crippen LogP contribution in [0.3, 0.4) is 0 Å². The number of allylic oxidation sites excluding steroid dienone is 1. The van der Waals surface area contributed by atoms with Gasteiger partial charge < -0.3 is 29.2 Å². The number of Topliss-reactive ketones (excluding diaryl/α,β-unsaturated/α-hetero) is 2. The zero-order valence-corrected chi connectivity index (χ0v) is 23.7. The highest BCUT2D eigenvalue weighted by molar-refractivity contribution is 6.36. The number of aromatic nitrogens is 4. The summed E-state index contributed by atoms with van der Waals surface area (Å²) in [7, 11) is 4.37. The van der Waals surface area contributed by atoms with Crippen molar-refractivity contribution in [2.45, 2.75) is 25.0 Å². The van der Waals surface area contributed by atoms with Crippen molar-refractivity contribution < 1.29 is 28.5 Å². The second-order valence-corrected chi connectivity index (χ2v) is 10.7. The minimum Gasteiger partial charge on any atom is -0.497 e. The van der Waals surface area contributed by atoms with Gasteiger partial charge in [-0.25, -0.2) is 4.68 Å². The summed E-state index contributed by atoms with van der Waals surface area (Å²) in [4.78, 5) is 49.8. The van der Waals surface area contributed by atoms with E-state index in [1.54, 1.807) is 31.2 Å². The molecular weight excluding hydrogens is 566 g/mol. The zero-order chi connectivity index (χ0) is 29.5. The summed E-state index contributed by atoms with van der Waals surface area (Å²) in [6, 6.07) is 7.48. The highest BCUT2D eigenvalue weighted by Crippen LogP contribution is 2.55. The number of hydrogen-bond acceptors (Lipinski definition) is 10. The van der Waals surface area contributed by atoms with Crippen LogP contribution in [0, 0.1) is 5.92 Å². The number of benzene rings is 2. The van der Waals surface area contributed by atoms with Crippen molar-refractivity contribution in [1.82, 2.24) is 19.7 Å².